The number of halogens is 3. The van der Waals surface area contributed by atoms with Crippen LogP contribution in [-0.4, -0.2) is 12.6 Å². The van der Waals surface area contributed by atoms with Crippen molar-refractivity contribution in [2.24, 2.45) is 0 Å². The largest absolute Gasteiger partial charge is 0.456 e. The maximum Gasteiger partial charge on any atom is 0.384 e. The van der Waals surface area contributed by atoms with Crippen LogP contribution in [0.5, 0.6) is 0 Å². The summed E-state index contributed by atoms with van der Waals surface area (Å²) < 4.78 is 4.64. The molecule has 0 radical (unpaired) electrons. The standard InChI is InChI=1S/C11H7Cl3O2/c1-2-16-11(15)4-3-7-5-9(13)10(14)6-8(7)12/h5-6H,2H2,1H3. The number of hydrogen-bond acceptors (Lipinski definition) is 2. The Labute approximate surface area is 108 Å². The van der Waals surface area contributed by atoms with E-state index in [9.17, 15) is 4.79 Å². The Bertz CT molecular complexity index is 472. The van der Waals surface area contributed by atoms with Gasteiger partial charge in [0.05, 0.1) is 21.7 Å². The van der Waals surface area contributed by atoms with E-state index < -0.39 is 5.97 Å². The fraction of sp³-hybridized carbons (Fsp3) is 0.182. The molecule has 0 bridgehead atoms. The minimum absolute atomic E-state index is 0.280. The number of rotatable bonds is 1. The summed E-state index contributed by atoms with van der Waals surface area (Å²) in [5.41, 5.74) is 0.434. The van der Waals surface area contributed by atoms with Crippen LogP contribution in [0.2, 0.25) is 15.1 Å². The van der Waals surface area contributed by atoms with Gasteiger partial charge < -0.3 is 4.74 Å². The van der Waals surface area contributed by atoms with Gasteiger partial charge in [0.1, 0.15) is 0 Å². The molecule has 1 aromatic carbocycles. The van der Waals surface area contributed by atoms with Crippen molar-refractivity contribution in [2.45, 2.75) is 6.92 Å². The lowest BCUT2D eigenvalue weighted by molar-refractivity contribution is -0.136. The summed E-state index contributed by atoms with van der Waals surface area (Å²) in [5.74, 6) is 4.25. The Balaban J connectivity index is 2.97. The molecule has 16 heavy (non-hydrogen) atoms. The molecule has 0 fully saturated rings. The molecule has 2 nitrogen and oxygen atoms in total. The van der Waals surface area contributed by atoms with Gasteiger partial charge in [-0.15, -0.1) is 0 Å². The molecule has 0 atom stereocenters. The average molecular weight is 278 g/mol. The summed E-state index contributed by atoms with van der Waals surface area (Å²) in [7, 11) is 0. The van der Waals surface area contributed by atoms with Crippen molar-refractivity contribution in [3.8, 4) is 11.8 Å². The first-order chi connectivity index (χ1) is 7.54. The first-order valence-electron chi connectivity index (χ1n) is 4.38. The molecule has 0 unspecified atom stereocenters. The fourth-order valence-electron chi connectivity index (χ4n) is 0.904. The van der Waals surface area contributed by atoms with Crippen molar-refractivity contribution in [3.63, 3.8) is 0 Å². The molecule has 0 spiro atoms. The Morgan fingerprint density at radius 1 is 1.25 bits per heavy atom. The van der Waals surface area contributed by atoms with Crippen molar-refractivity contribution < 1.29 is 9.53 Å². The predicted molar refractivity (Wildman–Crippen MR) is 65.0 cm³/mol. The molecule has 0 N–H and O–H groups in total. The van der Waals surface area contributed by atoms with Gasteiger partial charge in [0.15, 0.2) is 0 Å². The zero-order valence-corrected chi connectivity index (χ0v) is 10.6. The topological polar surface area (TPSA) is 26.3 Å². The predicted octanol–water partition coefficient (Wildman–Crippen LogP) is 3.56. The van der Waals surface area contributed by atoms with Crippen molar-refractivity contribution in [1.29, 1.82) is 0 Å². The number of ether oxygens (including phenoxy) is 1. The van der Waals surface area contributed by atoms with Crippen LogP contribution in [-0.2, 0) is 9.53 Å². The Morgan fingerprint density at radius 3 is 2.50 bits per heavy atom. The molecule has 0 aromatic heterocycles. The van der Waals surface area contributed by atoms with E-state index in [1.807, 2.05) is 0 Å². The van der Waals surface area contributed by atoms with E-state index in [0.29, 0.717) is 20.6 Å². The molecule has 0 aliphatic carbocycles. The molecule has 1 aromatic rings. The highest BCUT2D eigenvalue weighted by molar-refractivity contribution is 6.43. The molecular formula is C11H7Cl3O2. The number of carbonyl (C=O) groups excluding carboxylic acids is 1. The van der Waals surface area contributed by atoms with Gasteiger partial charge >= 0.3 is 5.97 Å². The van der Waals surface area contributed by atoms with Gasteiger partial charge in [-0.05, 0) is 19.1 Å². The van der Waals surface area contributed by atoms with Crippen LogP contribution in [0.3, 0.4) is 0 Å². The van der Waals surface area contributed by atoms with Gasteiger partial charge in [-0.25, -0.2) is 4.79 Å². The lowest BCUT2D eigenvalue weighted by atomic mass is 10.2. The van der Waals surface area contributed by atoms with Gasteiger partial charge in [-0.2, -0.15) is 0 Å². The van der Waals surface area contributed by atoms with Crippen LogP contribution in [0.4, 0.5) is 0 Å². The quantitative estimate of drug-likeness (QED) is 0.446. The maximum atomic E-state index is 11.0. The molecule has 0 saturated heterocycles. The first-order valence-corrected chi connectivity index (χ1v) is 5.51. The summed E-state index contributed by atoms with van der Waals surface area (Å²) in [6.07, 6.45) is 0. The highest BCUT2D eigenvalue weighted by atomic mass is 35.5. The lowest BCUT2D eigenvalue weighted by Gasteiger charge is -1.99. The molecule has 0 aliphatic rings. The number of esters is 1. The van der Waals surface area contributed by atoms with Crippen molar-refractivity contribution >= 4 is 40.8 Å². The molecule has 0 aliphatic heterocycles. The second-order valence-electron chi connectivity index (χ2n) is 2.72. The van der Waals surface area contributed by atoms with Crippen molar-refractivity contribution in [1.82, 2.24) is 0 Å². The molecule has 5 heteroatoms. The average Bonchev–Trinajstić information content (AvgIpc) is 2.22. The number of benzene rings is 1. The summed E-state index contributed by atoms with van der Waals surface area (Å²) in [6, 6.07) is 2.97. The Hall–Kier alpha value is -0.880. The van der Waals surface area contributed by atoms with Crippen LogP contribution < -0.4 is 0 Å². The van der Waals surface area contributed by atoms with E-state index in [2.05, 4.69) is 16.6 Å². The van der Waals surface area contributed by atoms with E-state index in [1.54, 1.807) is 6.92 Å². The van der Waals surface area contributed by atoms with Crippen LogP contribution in [0.15, 0.2) is 12.1 Å². The minimum Gasteiger partial charge on any atom is -0.456 e. The lowest BCUT2D eigenvalue weighted by Crippen LogP contribution is -1.99. The van der Waals surface area contributed by atoms with E-state index in [4.69, 9.17) is 34.8 Å². The molecule has 84 valence electrons. The number of carbonyl (C=O) groups is 1. The molecule has 0 saturated carbocycles. The van der Waals surface area contributed by atoms with E-state index in [0.717, 1.165) is 0 Å². The second kappa shape index (κ2) is 6.00. The zero-order valence-electron chi connectivity index (χ0n) is 8.31. The van der Waals surface area contributed by atoms with Crippen molar-refractivity contribution in [2.75, 3.05) is 6.61 Å². The summed E-state index contributed by atoms with van der Waals surface area (Å²) in [6.45, 7) is 1.98. The Kier molecular flexibility index (Phi) is 4.95. The molecule has 1 rings (SSSR count). The van der Waals surface area contributed by atoms with Gasteiger partial charge in [-0.3, -0.25) is 0 Å². The van der Waals surface area contributed by atoms with Crippen LogP contribution in [0.1, 0.15) is 12.5 Å². The minimum atomic E-state index is -0.607. The van der Waals surface area contributed by atoms with Gasteiger partial charge in [-0.1, -0.05) is 40.7 Å². The second-order valence-corrected chi connectivity index (χ2v) is 3.94. The summed E-state index contributed by atoms with van der Waals surface area (Å²) in [5, 5.41) is 1.01. The summed E-state index contributed by atoms with van der Waals surface area (Å²) in [4.78, 5) is 11.0. The summed E-state index contributed by atoms with van der Waals surface area (Å²) >= 11 is 17.4. The fourth-order valence-corrected chi connectivity index (χ4v) is 1.50. The third kappa shape index (κ3) is 3.61. The smallest absolute Gasteiger partial charge is 0.384 e. The van der Waals surface area contributed by atoms with Gasteiger partial charge in [0, 0.05) is 11.5 Å². The third-order valence-electron chi connectivity index (χ3n) is 1.58. The molecule has 0 amide bonds. The molecular weight excluding hydrogens is 270 g/mol. The van der Waals surface area contributed by atoms with Gasteiger partial charge in [0.25, 0.3) is 0 Å². The van der Waals surface area contributed by atoms with E-state index in [-0.39, 0.29) is 6.61 Å². The SMILES string of the molecule is CCOC(=O)C#Cc1cc(Cl)c(Cl)cc1Cl. The third-order valence-corrected chi connectivity index (χ3v) is 2.62. The monoisotopic (exact) mass is 276 g/mol. The highest BCUT2D eigenvalue weighted by Crippen LogP contribution is 2.28. The number of hydrogen-bond donors (Lipinski definition) is 0. The van der Waals surface area contributed by atoms with Crippen LogP contribution >= 0.6 is 34.8 Å². The van der Waals surface area contributed by atoms with Crippen LogP contribution in [0, 0.1) is 11.8 Å². The normalized spacial score (nSPS) is 9.25. The Morgan fingerprint density at radius 2 is 1.88 bits per heavy atom. The highest BCUT2D eigenvalue weighted by Gasteiger charge is 2.04. The van der Waals surface area contributed by atoms with E-state index >= 15 is 0 Å². The maximum absolute atomic E-state index is 11.0. The van der Waals surface area contributed by atoms with E-state index in [1.165, 1.54) is 12.1 Å². The molecule has 0 heterocycles. The van der Waals surface area contributed by atoms with Crippen LogP contribution in [0.25, 0.3) is 0 Å². The zero-order chi connectivity index (χ0) is 12.1. The van der Waals surface area contributed by atoms with Crippen molar-refractivity contribution in [3.05, 3.63) is 32.8 Å². The first kappa shape index (κ1) is 13.2. The van der Waals surface area contributed by atoms with Gasteiger partial charge in [0.2, 0.25) is 0 Å².